The fourth-order valence-corrected chi connectivity index (χ4v) is 4.66. The molecular weight excluding hydrogens is 526 g/mol. The molecule has 2 aromatic carbocycles. The minimum absolute atomic E-state index is 0.143. The zero-order chi connectivity index (χ0) is 26.1. The molecule has 0 fully saturated rings. The number of carbonyl (C=O) groups excluding carboxylic acids is 1. The molecule has 0 spiro atoms. The molecule has 36 heavy (non-hydrogen) atoms. The highest BCUT2D eigenvalue weighted by atomic mass is 35.5. The number of nitrogens with zero attached hydrogens (tertiary/aromatic N) is 1. The Morgan fingerprint density at radius 3 is 2.50 bits per heavy atom. The van der Waals surface area contributed by atoms with Crippen LogP contribution < -0.4 is 10.0 Å². The van der Waals surface area contributed by atoms with Gasteiger partial charge in [-0.15, -0.1) is 11.3 Å². The fraction of sp³-hybridized carbons (Fsp3) is 0.167. The topological polar surface area (TPSA) is 142 Å². The van der Waals surface area contributed by atoms with E-state index in [0.717, 1.165) is 23.1 Å². The van der Waals surface area contributed by atoms with Gasteiger partial charge in [-0.05, 0) is 53.3 Å². The van der Waals surface area contributed by atoms with Crippen LogP contribution in [0.1, 0.15) is 22.9 Å². The Hall–Kier alpha value is -3.22. The van der Waals surface area contributed by atoms with Crippen LogP contribution in [0.15, 0.2) is 76.7 Å². The van der Waals surface area contributed by atoms with Gasteiger partial charge >= 0.3 is 10.3 Å². The van der Waals surface area contributed by atoms with E-state index in [1.54, 1.807) is 30.3 Å². The Morgan fingerprint density at radius 1 is 1.11 bits per heavy atom. The molecule has 1 atom stereocenters. The number of rotatable bonds is 9. The number of carbonyl (C=O) groups is 1. The third-order valence-electron chi connectivity index (χ3n) is 4.84. The van der Waals surface area contributed by atoms with Crippen LogP contribution in [0.5, 0.6) is 0 Å². The van der Waals surface area contributed by atoms with E-state index in [1.807, 2.05) is 28.3 Å². The van der Waals surface area contributed by atoms with Gasteiger partial charge in [0.05, 0.1) is 23.0 Å². The summed E-state index contributed by atoms with van der Waals surface area (Å²) in [4.78, 5) is 18.3. The average Bonchev–Trinajstić information content (AvgIpc) is 3.53. The predicted octanol–water partition coefficient (Wildman–Crippen LogP) is 4.52. The Morgan fingerprint density at radius 2 is 1.86 bits per heavy atom. The summed E-state index contributed by atoms with van der Waals surface area (Å²) in [5.41, 5.74) is 2.37. The lowest BCUT2D eigenvalue weighted by atomic mass is 10.0. The standard InChI is InChI=1S/C23H20ClN3O5S2.CH4O/c24-17-4-1-3-16(11-17)13-22(28)25-19(20-14-32-23(26-20)21-5-2-10-33-21)12-15-6-8-18(9-7-15)27-34(29,30)31;1-2/h1-11,14,19,27H,12-13H2,(H,25,28)(H,29,30,31);2H,1H3/t19-;/m0./s1. The summed E-state index contributed by atoms with van der Waals surface area (Å²) in [5.74, 6) is 0.254. The minimum atomic E-state index is -4.36. The first-order valence-electron chi connectivity index (χ1n) is 10.6. The van der Waals surface area contributed by atoms with Crippen LogP contribution in [-0.2, 0) is 27.9 Å². The molecule has 0 radical (unpaired) electrons. The van der Waals surface area contributed by atoms with E-state index in [-0.39, 0.29) is 18.0 Å². The quantitative estimate of drug-likeness (QED) is 0.225. The predicted molar refractivity (Wildman–Crippen MR) is 139 cm³/mol. The van der Waals surface area contributed by atoms with Crippen molar-refractivity contribution >= 4 is 44.8 Å². The van der Waals surface area contributed by atoms with Crippen LogP contribution in [0.25, 0.3) is 10.8 Å². The molecule has 0 unspecified atom stereocenters. The Bertz CT molecular complexity index is 1370. The Kier molecular flexibility index (Phi) is 9.62. The summed E-state index contributed by atoms with van der Waals surface area (Å²) >= 11 is 7.53. The van der Waals surface area contributed by atoms with E-state index in [4.69, 9.17) is 25.7 Å². The lowest BCUT2D eigenvalue weighted by molar-refractivity contribution is -0.121. The highest BCUT2D eigenvalue weighted by Crippen LogP contribution is 2.27. The number of nitrogens with one attached hydrogen (secondary N) is 2. The first-order valence-corrected chi connectivity index (χ1v) is 13.3. The number of hydrogen-bond acceptors (Lipinski definition) is 7. The van der Waals surface area contributed by atoms with Crippen molar-refractivity contribution in [3.63, 3.8) is 0 Å². The zero-order valence-corrected chi connectivity index (χ0v) is 21.5. The first kappa shape index (κ1) is 27.4. The molecule has 0 saturated carbocycles. The summed E-state index contributed by atoms with van der Waals surface area (Å²) < 4.78 is 38.6. The molecule has 12 heteroatoms. The smallest absolute Gasteiger partial charge is 0.357 e. The van der Waals surface area contributed by atoms with Crippen molar-refractivity contribution in [2.24, 2.45) is 0 Å². The van der Waals surface area contributed by atoms with Crippen LogP contribution in [0.2, 0.25) is 5.02 Å². The third kappa shape index (κ3) is 8.18. The Labute approximate surface area is 217 Å². The van der Waals surface area contributed by atoms with E-state index in [0.29, 0.717) is 23.0 Å². The van der Waals surface area contributed by atoms with Gasteiger partial charge in [0.1, 0.15) is 12.0 Å². The molecule has 4 N–H and O–H groups in total. The molecule has 0 aliphatic carbocycles. The molecule has 4 aromatic rings. The molecule has 0 saturated heterocycles. The summed E-state index contributed by atoms with van der Waals surface area (Å²) in [6, 6.07) is 16.8. The lowest BCUT2D eigenvalue weighted by Gasteiger charge is -2.17. The monoisotopic (exact) mass is 549 g/mol. The molecular formula is C24H24ClN3O6S2. The average molecular weight is 550 g/mol. The number of aromatic nitrogens is 1. The number of oxazole rings is 1. The van der Waals surface area contributed by atoms with Crippen molar-refractivity contribution in [2.45, 2.75) is 18.9 Å². The summed E-state index contributed by atoms with van der Waals surface area (Å²) in [6.45, 7) is 0. The zero-order valence-electron chi connectivity index (χ0n) is 19.1. The number of benzene rings is 2. The van der Waals surface area contributed by atoms with Crippen molar-refractivity contribution < 1.29 is 27.3 Å². The molecule has 0 bridgehead atoms. The number of thiophene rings is 1. The number of anilines is 1. The highest BCUT2D eigenvalue weighted by molar-refractivity contribution is 7.87. The molecule has 190 valence electrons. The maximum atomic E-state index is 12.8. The summed E-state index contributed by atoms with van der Waals surface area (Å²) in [5, 5.41) is 12.5. The lowest BCUT2D eigenvalue weighted by Crippen LogP contribution is -2.31. The maximum absolute atomic E-state index is 12.8. The van der Waals surface area contributed by atoms with Crippen molar-refractivity contribution in [3.8, 4) is 10.8 Å². The molecule has 9 nitrogen and oxygen atoms in total. The molecule has 2 heterocycles. The van der Waals surface area contributed by atoms with E-state index < -0.39 is 16.3 Å². The van der Waals surface area contributed by atoms with E-state index in [9.17, 15) is 13.2 Å². The van der Waals surface area contributed by atoms with Crippen molar-refractivity contribution in [2.75, 3.05) is 11.8 Å². The Balaban J connectivity index is 0.00000176. The number of aliphatic hydroxyl groups is 1. The minimum Gasteiger partial charge on any atom is -0.443 e. The summed E-state index contributed by atoms with van der Waals surface area (Å²) in [7, 11) is -3.36. The van der Waals surface area contributed by atoms with Gasteiger partial charge < -0.3 is 14.8 Å². The molecule has 1 amide bonds. The van der Waals surface area contributed by atoms with E-state index in [1.165, 1.54) is 29.7 Å². The molecule has 4 rings (SSSR count). The first-order chi connectivity index (χ1) is 17.2. The molecule has 0 aliphatic rings. The van der Waals surface area contributed by atoms with Gasteiger partial charge in [-0.2, -0.15) is 8.42 Å². The maximum Gasteiger partial charge on any atom is 0.357 e. The van der Waals surface area contributed by atoms with Crippen LogP contribution in [0.4, 0.5) is 5.69 Å². The van der Waals surface area contributed by atoms with Gasteiger partial charge in [0.25, 0.3) is 0 Å². The van der Waals surface area contributed by atoms with Crippen LogP contribution in [-0.4, -0.2) is 36.1 Å². The molecule has 0 aliphatic heterocycles. The van der Waals surface area contributed by atoms with Crippen molar-refractivity contribution in [1.29, 1.82) is 0 Å². The van der Waals surface area contributed by atoms with E-state index >= 15 is 0 Å². The van der Waals surface area contributed by atoms with Crippen LogP contribution in [0, 0.1) is 0 Å². The molecule has 2 aromatic heterocycles. The normalized spacial score (nSPS) is 11.8. The van der Waals surface area contributed by atoms with Gasteiger partial charge in [0.15, 0.2) is 0 Å². The van der Waals surface area contributed by atoms with E-state index in [2.05, 4.69) is 10.3 Å². The van der Waals surface area contributed by atoms with Gasteiger partial charge in [0.2, 0.25) is 11.8 Å². The second-order valence-electron chi connectivity index (χ2n) is 7.46. The largest absolute Gasteiger partial charge is 0.443 e. The van der Waals surface area contributed by atoms with Crippen molar-refractivity contribution in [1.82, 2.24) is 10.3 Å². The SMILES string of the molecule is CO.O=C(Cc1cccc(Cl)c1)N[C@@H](Cc1ccc(NS(=O)(=O)O)cc1)c1coc(-c2cccs2)n1. The van der Waals surface area contributed by atoms with Gasteiger partial charge in [0, 0.05) is 12.1 Å². The van der Waals surface area contributed by atoms with Gasteiger partial charge in [-0.1, -0.05) is 41.9 Å². The summed E-state index contributed by atoms with van der Waals surface area (Å²) in [6.07, 6.45) is 2.04. The number of hydrogen-bond donors (Lipinski definition) is 4. The van der Waals surface area contributed by atoms with Crippen LogP contribution in [0.3, 0.4) is 0 Å². The third-order valence-corrected chi connectivity index (χ3v) is 6.43. The second-order valence-corrected chi connectivity index (χ2v) is 10.00. The van der Waals surface area contributed by atoms with Gasteiger partial charge in [-0.25, -0.2) is 4.98 Å². The highest BCUT2D eigenvalue weighted by Gasteiger charge is 2.21. The van der Waals surface area contributed by atoms with Gasteiger partial charge in [-0.3, -0.25) is 14.1 Å². The van der Waals surface area contributed by atoms with Crippen molar-refractivity contribution in [3.05, 3.63) is 94.2 Å². The van der Waals surface area contributed by atoms with Crippen LogP contribution >= 0.6 is 22.9 Å². The number of amides is 1. The second kappa shape index (κ2) is 12.7. The number of aliphatic hydroxyl groups excluding tert-OH is 1. The fourth-order valence-electron chi connectivity index (χ4n) is 3.36. The number of halogens is 1.